The smallest absolute Gasteiger partial charge is 0.272 e. The average molecular weight is 278 g/mol. The van der Waals surface area contributed by atoms with E-state index in [-0.39, 0.29) is 5.91 Å². The van der Waals surface area contributed by atoms with E-state index in [1.165, 1.54) is 0 Å². The average Bonchev–Trinajstić information content (AvgIpc) is 2.74. The van der Waals surface area contributed by atoms with Gasteiger partial charge in [-0.2, -0.15) is 0 Å². The van der Waals surface area contributed by atoms with Crippen LogP contribution < -0.4 is 11.1 Å². The number of nitrogens with one attached hydrogen (secondary N) is 1. The van der Waals surface area contributed by atoms with Crippen molar-refractivity contribution < 1.29 is 4.79 Å². The van der Waals surface area contributed by atoms with Gasteiger partial charge in [0, 0.05) is 12.7 Å². The maximum Gasteiger partial charge on any atom is 0.272 e. The fourth-order valence-electron chi connectivity index (χ4n) is 1.89. The van der Waals surface area contributed by atoms with Crippen molar-refractivity contribution >= 4 is 28.9 Å². The lowest BCUT2D eigenvalue weighted by Crippen LogP contribution is -2.16. The van der Waals surface area contributed by atoms with Crippen molar-refractivity contribution in [2.45, 2.75) is 20.4 Å². The molecule has 2 rings (SSSR count). The summed E-state index contributed by atoms with van der Waals surface area (Å²) >= 11 is 6.09. The molecule has 4 nitrogen and oxygen atoms in total. The second kappa shape index (κ2) is 5.36. The Labute approximate surface area is 117 Å². The lowest BCUT2D eigenvalue weighted by molar-refractivity contribution is 0.101. The Morgan fingerprint density at radius 2 is 2.16 bits per heavy atom. The van der Waals surface area contributed by atoms with Gasteiger partial charge in [0.05, 0.1) is 16.4 Å². The molecule has 0 atom stereocenters. The lowest BCUT2D eigenvalue weighted by Gasteiger charge is -2.09. The summed E-state index contributed by atoms with van der Waals surface area (Å²) in [5, 5.41) is 3.32. The van der Waals surface area contributed by atoms with Gasteiger partial charge in [-0.05, 0) is 37.6 Å². The van der Waals surface area contributed by atoms with Gasteiger partial charge in [0.15, 0.2) is 0 Å². The molecule has 0 bridgehead atoms. The normalized spacial score (nSPS) is 10.5. The van der Waals surface area contributed by atoms with Crippen LogP contribution >= 0.6 is 11.6 Å². The fraction of sp³-hybridized carbons (Fsp3) is 0.214. The number of hydrogen-bond acceptors (Lipinski definition) is 2. The first-order valence-corrected chi connectivity index (χ1v) is 6.42. The minimum atomic E-state index is -0.218. The maximum absolute atomic E-state index is 12.2. The van der Waals surface area contributed by atoms with E-state index in [1.807, 2.05) is 26.0 Å². The first-order chi connectivity index (χ1) is 9.01. The van der Waals surface area contributed by atoms with Crippen LogP contribution in [0.25, 0.3) is 0 Å². The number of aromatic nitrogens is 1. The summed E-state index contributed by atoms with van der Waals surface area (Å²) in [6.07, 6.45) is 1.74. The van der Waals surface area contributed by atoms with Crippen molar-refractivity contribution in [2.24, 2.45) is 0 Å². The van der Waals surface area contributed by atoms with Gasteiger partial charge >= 0.3 is 0 Å². The molecule has 5 heteroatoms. The molecule has 2 aromatic rings. The predicted octanol–water partition coefficient (Wildman–Crippen LogP) is 3.30. The van der Waals surface area contributed by atoms with Crippen LogP contribution in [-0.2, 0) is 6.54 Å². The zero-order valence-corrected chi connectivity index (χ0v) is 11.7. The van der Waals surface area contributed by atoms with E-state index >= 15 is 0 Å². The van der Waals surface area contributed by atoms with E-state index in [1.54, 1.807) is 22.9 Å². The summed E-state index contributed by atoms with van der Waals surface area (Å²) in [5.41, 5.74) is 8.45. The van der Waals surface area contributed by atoms with Gasteiger partial charge < -0.3 is 15.6 Å². The van der Waals surface area contributed by atoms with Crippen molar-refractivity contribution in [3.05, 3.63) is 46.7 Å². The topological polar surface area (TPSA) is 60.0 Å². The summed E-state index contributed by atoms with van der Waals surface area (Å²) in [5.74, 6) is -0.218. The molecule has 0 unspecified atom stereocenters. The van der Waals surface area contributed by atoms with E-state index in [0.717, 1.165) is 5.56 Å². The molecule has 0 spiro atoms. The van der Waals surface area contributed by atoms with Gasteiger partial charge in [0.2, 0.25) is 0 Å². The molecule has 0 fully saturated rings. The highest BCUT2D eigenvalue weighted by atomic mass is 35.5. The van der Waals surface area contributed by atoms with Crippen LogP contribution in [0.2, 0.25) is 5.02 Å². The molecule has 1 heterocycles. The summed E-state index contributed by atoms with van der Waals surface area (Å²) in [6.45, 7) is 4.58. The molecular formula is C14H16ClN3O. The molecule has 19 heavy (non-hydrogen) atoms. The number of nitrogens with two attached hydrogens (primary N) is 1. The van der Waals surface area contributed by atoms with Crippen LogP contribution in [-0.4, -0.2) is 10.5 Å². The van der Waals surface area contributed by atoms with Crippen LogP contribution in [0.3, 0.4) is 0 Å². The summed E-state index contributed by atoms with van der Waals surface area (Å²) < 4.78 is 1.80. The van der Waals surface area contributed by atoms with Crippen molar-refractivity contribution in [1.82, 2.24) is 4.57 Å². The van der Waals surface area contributed by atoms with Gasteiger partial charge in [0.1, 0.15) is 5.69 Å². The van der Waals surface area contributed by atoms with E-state index < -0.39 is 0 Å². The fourth-order valence-corrected chi connectivity index (χ4v) is 2.18. The van der Waals surface area contributed by atoms with Crippen molar-refractivity contribution in [2.75, 3.05) is 11.1 Å². The molecule has 1 aromatic heterocycles. The number of carbonyl (C=O) groups is 1. The molecule has 0 radical (unpaired) electrons. The minimum Gasteiger partial charge on any atom is -0.397 e. The van der Waals surface area contributed by atoms with E-state index in [0.29, 0.717) is 28.6 Å². The Hall–Kier alpha value is -1.94. The molecule has 1 amide bonds. The Bertz CT molecular complexity index is 619. The second-order valence-electron chi connectivity index (χ2n) is 4.38. The summed E-state index contributed by atoms with van der Waals surface area (Å²) in [6, 6.07) is 7.15. The minimum absolute atomic E-state index is 0.218. The maximum atomic E-state index is 12.2. The Kier molecular flexibility index (Phi) is 3.81. The monoisotopic (exact) mass is 277 g/mol. The quantitative estimate of drug-likeness (QED) is 0.904. The highest BCUT2D eigenvalue weighted by molar-refractivity contribution is 6.34. The highest BCUT2D eigenvalue weighted by Gasteiger charge is 2.13. The van der Waals surface area contributed by atoms with Crippen molar-refractivity contribution in [3.63, 3.8) is 0 Å². The van der Waals surface area contributed by atoms with Gasteiger partial charge in [-0.25, -0.2) is 0 Å². The Balaban J connectivity index is 2.25. The molecule has 0 saturated carbocycles. The van der Waals surface area contributed by atoms with Crippen LogP contribution in [0.4, 0.5) is 11.4 Å². The molecular weight excluding hydrogens is 262 g/mol. The van der Waals surface area contributed by atoms with E-state index in [2.05, 4.69) is 5.32 Å². The molecule has 3 N–H and O–H groups in total. The van der Waals surface area contributed by atoms with Gasteiger partial charge in [-0.3, -0.25) is 4.79 Å². The molecule has 0 aliphatic rings. The van der Waals surface area contributed by atoms with Gasteiger partial charge in [-0.1, -0.05) is 17.7 Å². The third-order valence-electron chi connectivity index (χ3n) is 2.86. The molecule has 100 valence electrons. The number of rotatable bonds is 3. The van der Waals surface area contributed by atoms with Crippen LogP contribution in [0, 0.1) is 6.92 Å². The summed E-state index contributed by atoms with van der Waals surface area (Å²) in [7, 11) is 0. The molecule has 0 aliphatic heterocycles. The van der Waals surface area contributed by atoms with E-state index in [9.17, 15) is 4.79 Å². The Morgan fingerprint density at radius 3 is 2.79 bits per heavy atom. The number of nitrogen functional groups attached to an aromatic ring is 1. The SMILES string of the molecule is CCn1cc(N)cc1C(=O)Nc1ccc(C)cc1Cl. The molecule has 0 aliphatic carbocycles. The zero-order valence-electron chi connectivity index (χ0n) is 10.9. The standard InChI is InChI=1S/C14H16ClN3O/c1-3-18-8-10(16)7-13(18)14(19)17-12-5-4-9(2)6-11(12)15/h4-8H,3,16H2,1-2H3,(H,17,19). The highest BCUT2D eigenvalue weighted by Crippen LogP contribution is 2.23. The number of nitrogens with zero attached hydrogens (tertiary/aromatic N) is 1. The molecule has 0 saturated heterocycles. The summed E-state index contributed by atoms with van der Waals surface area (Å²) in [4.78, 5) is 12.2. The number of halogens is 1. The number of benzene rings is 1. The number of aryl methyl sites for hydroxylation is 2. The van der Waals surface area contributed by atoms with Gasteiger partial charge in [-0.15, -0.1) is 0 Å². The second-order valence-corrected chi connectivity index (χ2v) is 4.79. The lowest BCUT2D eigenvalue weighted by atomic mass is 10.2. The molecule has 1 aromatic carbocycles. The predicted molar refractivity (Wildman–Crippen MR) is 78.7 cm³/mol. The van der Waals surface area contributed by atoms with Gasteiger partial charge in [0.25, 0.3) is 5.91 Å². The van der Waals surface area contributed by atoms with Crippen LogP contribution in [0.15, 0.2) is 30.5 Å². The zero-order chi connectivity index (χ0) is 14.0. The first kappa shape index (κ1) is 13.5. The van der Waals surface area contributed by atoms with Crippen LogP contribution in [0.5, 0.6) is 0 Å². The number of carbonyl (C=O) groups excluding carboxylic acids is 1. The third kappa shape index (κ3) is 2.90. The Morgan fingerprint density at radius 1 is 1.42 bits per heavy atom. The first-order valence-electron chi connectivity index (χ1n) is 6.04. The largest absolute Gasteiger partial charge is 0.397 e. The number of amides is 1. The van der Waals surface area contributed by atoms with Crippen LogP contribution in [0.1, 0.15) is 23.0 Å². The van der Waals surface area contributed by atoms with E-state index in [4.69, 9.17) is 17.3 Å². The number of anilines is 2. The van der Waals surface area contributed by atoms with Crippen molar-refractivity contribution in [1.29, 1.82) is 0 Å². The number of hydrogen-bond donors (Lipinski definition) is 2. The van der Waals surface area contributed by atoms with Crippen molar-refractivity contribution in [3.8, 4) is 0 Å². The third-order valence-corrected chi connectivity index (χ3v) is 3.18.